The van der Waals surface area contributed by atoms with E-state index in [4.69, 9.17) is 16.3 Å². The third kappa shape index (κ3) is 3.72. The third-order valence-corrected chi connectivity index (χ3v) is 3.25. The number of anilines is 3. The topological polar surface area (TPSA) is 63.2 Å². The SMILES string of the molecule is CCN(CC)c1nncc(Nc2cc(Cl)ccc2OC)n1. The maximum Gasteiger partial charge on any atom is 0.247 e. The van der Waals surface area contributed by atoms with Gasteiger partial charge in [-0.15, -0.1) is 5.10 Å². The molecule has 0 radical (unpaired) electrons. The number of nitrogens with one attached hydrogen (secondary N) is 1. The molecule has 0 aliphatic rings. The zero-order chi connectivity index (χ0) is 15.2. The Labute approximate surface area is 129 Å². The summed E-state index contributed by atoms with van der Waals surface area (Å²) in [7, 11) is 1.61. The molecule has 7 heteroatoms. The second kappa shape index (κ2) is 7.08. The van der Waals surface area contributed by atoms with Gasteiger partial charge in [-0.25, -0.2) is 0 Å². The molecule has 0 amide bonds. The highest BCUT2D eigenvalue weighted by Gasteiger charge is 2.09. The van der Waals surface area contributed by atoms with Crippen LogP contribution in [-0.4, -0.2) is 35.4 Å². The Morgan fingerprint density at radius 2 is 2.05 bits per heavy atom. The van der Waals surface area contributed by atoms with Gasteiger partial charge in [-0.3, -0.25) is 0 Å². The number of nitrogens with zero attached hydrogens (tertiary/aromatic N) is 4. The van der Waals surface area contributed by atoms with Crippen molar-refractivity contribution in [3.05, 3.63) is 29.4 Å². The molecule has 0 saturated heterocycles. The van der Waals surface area contributed by atoms with Gasteiger partial charge in [0.2, 0.25) is 5.95 Å². The van der Waals surface area contributed by atoms with Crippen LogP contribution in [0.2, 0.25) is 5.02 Å². The summed E-state index contributed by atoms with van der Waals surface area (Å²) in [4.78, 5) is 6.48. The predicted molar refractivity (Wildman–Crippen MR) is 84.7 cm³/mol. The first-order chi connectivity index (χ1) is 10.2. The van der Waals surface area contributed by atoms with Crippen LogP contribution >= 0.6 is 11.6 Å². The number of halogens is 1. The van der Waals surface area contributed by atoms with Crippen LogP contribution in [0.25, 0.3) is 0 Å². The molecule has 1 aromatic carbocycles. The summed E-state index contributed by atoms with van der Waals surface area (Å²) >= 11 is 6.01. The minimum atomic E-state index is 0.589. The standard InChI is InChI=1S/C14H18ClN5O/c1-4-20(5-2)14-18-13(9-16-19-14)17-11-8-10(15)6-7-12(11)21-3/h6-9H,4-5H2,1-3H3,(H,17,18,19). The molecule has 0 bridgehead atoms. The highest BCUT2D eigenvalue weighted by Crippen LogP contribution is 2.29. The fourth-order valence-electron chi connectivity index (χ4n) is 1.91. The highest BCUT2D eigenvalue weighted by atomic mass is 35.5. The molecule has 21 heavy (non-hydrogen) atoms. The monoisotopic (exact) mass is 307 g/mol. The van der Waals surface area contributed by atoms with Crippen LogP contribution in [-0.2, 0) is 0 Å². The summed E-state index contributed by atoms with van der Waals surface area (Å²) in [5.41, 5.74) is 0.732. The number of hydrogen-bond acceptors (Lipinski definition) is 6. The van der Waals surface area contributed by atoms with Crippen LogP contribution in [0.1, 0.15) is 13.8 Å². The Balaban J connectivity index is 2.28. The van der Waals surface area contributed by atoms with Crippen LogP contribution in [0, 0.1) is 0 Å². The van der Waals surface area contributed by atoms with E-state index in [1.807, 2.05) is 18.7 Å². The van der Waals surface area contributed by atoms with Crippen molar-refractivity contribution in [3.8, 4) is 5.75 Å². The van der Waals surface area contributed by atoms with Crippen molar-refractivity contribution in [2.24, 2.45) is 0 Å². The van der Waals surface area contributed by atoms with E-state index in [1.165, 1.54) is 0 Å². The lowest BCUT2D eigenvalue weighted by atomic mass is 10.3. The van der Waals surface area contributed by atoms with Crippen molar-refractivity contribution >= 4 is 29.1 Å². The second-order valence-corrected chi connectivity index (χ2v) is 4.72. The van der Waals surface area contributed by atoms with Gasteiger partial charge in [-0.1, -0.05) is 11.6 Å². The largest absolute Gasteiger partial charge is 0.495 e. The molecule has 1 heterocycles. The van der Waals surface area contributed by atoms with Gasteiger partial charge in [-0.2, -0.15) is 10.1 Å². The molecule has 1 aromatic heterocycles. The maximum absolute atomic E-state index is 6.01. The Morgan fingerprint density at radius 1 is 1.29 bits per heavy atom. The molecular formula is C14H18ClN5O. The molecule has 112 valence electrons. The van der Waals surface area contributed by atoms with E-state index in [9.17, 15) is 0 Å². The first-order valence-corrected chi connectivity index (χ1v) is 7.11. The van der Waals surface area contributed by atoms with Crippen molar-refractivity contribution in [2.75, 3.05) is 30.4 Å². The van der Waals surface area contributed by atoms with E-state index in [-0.39, 0.29) is 0 Å². The van der Waals surface area contributed by atoms with Crippen molar-refractivity contribution in [2.45, 2.75) is 13.8 Å². The first kappa shape index (κ1) is 15.3. The Morgan fingerprint density at radius 3 is 2.71 bits per heavy atom. The van der Waals surface area contributed by atoms with Crippen molar-refractivity contribution in [1.82, 2.24) is 15.2 Å². The smallest absolute Gasteiger partial charge is 0.247 e. The Hall–Kier alpha value is -2.08. The van der Waals surface area contributed by atoms with Crippen LogP contribution in [0.3, 0.4) is 0 Å². The van der Waals surface area contributed by atoms with E-state index >= 15 is 0 Å². The van der Waals surface area contributed by atoms with E-state index < -0.39 is 0 Å². The summed E-state index contributed by atoms with van der Waals surface area (Å²) < 4.78 is 5.30. The van der Waals surface area contributed by atoms with Crippen LogP contribution in [0.15, 0.2) is 24.4 Å². The average molecular weight is 308 g/mol. The fourth-order valence-corrected chi connectivity index (χ4v) is 2.08. The molecule has 0 aliphatic heterocycles. The zero-order valence-electron chi connectivity index (χ0n) is 12.3. The van der Waals surface area contributed by atoms with Gasteiger partial charge in [0.25, 0.3) is 0 Å². The quantitative estimate of drug-likeness (QED) is 0.884. The minimum absolute atomic E-state index is 0.589. The second-order valence-electron chi connectivity index (χ2n) is 4.28. The summed E-state index contributed by atoms with van der Waals surface area (Å²) in [6.45, 7) is 5.74. The number of rotatable bonds is 6. The molecule has 2 rings (SSSR count). The van der Waals surface area contributed by atoms with Crippen molar-refractivity contribution in [3.63, 3.8) is 0 Å². The molecule has 0 unspecified atom stereocenters. The minimum Gasteiger partial charge on any atom is -0.495 e. The fraction of sp³-hybridized carbons (Fsp3) is 0.357. The first-order valence-electron chi connectivity index (χ1n) is 6.73. The van der Waals surface area contributed by atoms with Crippen LogP contribution in [0.5, 0.6) is 5.75 Å². The summed E-state index contributed by atoms with van der Waals surface area (Å²) in [6.07, 6.45) is 1.56. The Bertz CT molecular complexity index is 604. The van der Waals surface area contributed by atoms with Gasteiger partial charge in [0.15, 0.2) is 5.82 Å². The van der Waals surface area contributed by atoms with E-state index in [2.05, 4.69) is 20.5 Å². The number of methoxy groups -OCH3 is 1. The van der Waals surface area contributed by atoms with Crippen LogP contribution in [0.4, 0.5) is 17.5 Å². The van der Waals surface area contributed by atoms with Gasteiger partial charge < -0.3 is 15.0 Å². The Kier molecular flexibility index (Phi) is 5.16. The molecular weight excluding hydrogens is 290 g/mol. The maximum atomic E-state index is 6.01. The number of hydrogen-bond donors (Lipinski definition) is 1. The number of aromatic nitrogens is 3. The number of benzene rings is 1. The molecule has 0 atom stereocenters. The molecule has 0 fully saturated rings. The third-order valence-electron chi connectivity index (χ3n) is 3.02. The van der Waals surface area contributed by atoms with Gasteiger partial charge in [0.05, 0.1) is 19.0 Å². The average Bonchev–Trinajstić information content (AvgIpc) is 2.49. The summed E-state index contributed by atoms with van der Waals surface area (Å²) in [6, 6.07) is 5.34. The normalized spacial score (nSPS) is 10.3. The van der Waals surface area contributed by atoms with E-state index in [0.29, 0.717) is 22.5 Å². The highest BCUT2D eigenvalue weighted by molar-refractivity contribution is 6.31. The van der Waals surface area contributed by atoms with Crippen molar-refractivity contribution in [1.29, 1.82) is 0 Å². The van der Waals surface area contributed by atoms with E-state index in [0.717, 1.165) is 18.8 Å². The lowest BCUT2D eigenvalue weighted by Crippen LogP contribution is -2.24. The van der Waals surface area contributed by atoms with Gasteiger partial charge >= 0.3 is 0 Å². The molecule has 1 N–H and O–H groups in total. The van der Waals surface area contributed by atoms with E-state index in [1.54, 1.807) is 31.5 Å². The van der Waals surface area contributed by atoms with Crippen molar-refractivity contribution < 1.29 is 4.74 Å². The molecule has 6 nitrogen and oxygen atoms in total. The number of ether oxygens (including phenoxy) is 1. The summed E-state index contributed by atoms with van der Waals surface area (Å²) in [5, 5.41) is 11.8. The molecule has 0 spiro atoms. The summed E-state index contributed by atoms with van der Waals surface area (Å²) in [5.74, 6) is 1.86. The lowest BCUT2D eigenvalue weighted by molar-refractivity contribution is 0.417. The van der Waals surface area contributed by atoms with Gasteiger partial charge in [0, 0.05) is 18.1 Å². The van der Waals surface area contributed by atoms with Gasteiger partial charge in [0.1, 0.15) is 5.75 Å². The van der Waals surface area contributed by atoms with Crippen LogP contribution < -0.4 is 15.0 Å². The lowest BCUT2D eigenvalue weighted by Gasteiger charge is -2.18. The zero-order valence-corrected chi connectivity index (χ0v) is 13.1. The predicted octanol–water partition coefficient (Wildman–Crippen LogP) is 3.12. The molecule has 0 saturated carbocycles. The molecule has 0 aliphatic carbocycles. The van der Waals surface area contributed by atoms with Gasteiger partial charge in [-0.05, 0) is 32.0 Å². The molecule has 2 aromatic rings.